The molecule has 0 unspecified atom stereocenters. The summed E-state index contributed by atoms with van der Waals surface area (Å²) in [5, 5.41) is 6.48. The molecule has 1 fully saturated rings. The van der Waals surface area contributed by atoms with Gasteiger partial charge >= 0.3 is 0 Å². The van der Waals surface area contributed by atoms with Crippen LogP contribution in [0, 0.1) is 5.41 Å². The van der Waals surface area contributed by atoms with Crippen LogP contribution in [-0.4, -0.2) is 23.9 Å². The number of rotatable bonds is 5. The zero-order valence-corrected chi connectivity index (χ0v) is 14.1. The molecule has 4 nitrogen and oxygen atoms in total. The van der Waals surface area contributed by atoms with Crippen LogP contribution in [0.2, 0.25) is 5.02 Å². The largest absolute Gasteiger partial charge is 0.355 e. The third-order valence-corrected chi connectivity index (χ3v) is 3.97. The van der Waals surface area contributed by atoms with E-state index < -0.39 is 5.41 Å². The van der Waals surface area contributed by atoms with E-state index in [4.69, 9.17) is 11.6 Å². The average molecular weight is 323 g/mol. The number of hydrogen-bond acceptors (Lipinski definition) is 2. The van der Waals surface area contributed by atoms with Gasteiger partial charge in [0.15, 0.2) is 0 Å². The molecule has 0 saturated heterocycles. The minimum Gasteiger partial charge on any atom is -0.355 e. The topological polar surface area (TPSA) is 58.2 Å². The molecule has 120 valence electrons. The second-order valence-electron chi connectivity index (χ2n) is 6.92. The minimum atomic E-state index is -0.854. The lowest BCUT2D eigenvalue weighted by molar-refractivity contribution is -0.138. The number of carbonyl (C=O) groups excluding carboxylic acids is 2. The van der Waals surface area contributed by atoms with Crippen molar-refractivity contribution < 1.29 is 9.59 Å². The second-order valence-corrected chi connectivity index (χ2v) is 7.36. The van der Waals surface area contributed by atoms with Crippen LogP contribution < -0.4 is 10.6 Å². The van der Waals surface area contributed by atoms with Gasteiger partial charge in [0, 0.05) is 17.1 Å². The van der Waals surface area contributed by atoms with Crippen LogP contribution in [0.15, 0.2) is 24.3 Å². The van der Waals surface area contributed by atoms with Gasteiger partial charge in [-0.15, -0.1) is 0 Å². The summed E-state index contributed by atoms with van der Waals surface area (Å²) in [4.78, 5) is 24.6. The number of halogens is 1. The number of carbonyl (C=O) groups is 2. The van der Waals surface area contributed by atoms with Crippen LogP contribution in [0.4, 0.5) is 0 Å². The standard InChI is InChI=1S/C17H23ClN2O2/c1-16(2,3)20-15(22)17(9-10-17)14(21)19-11-8-12-4-6-13(18)7-5-12/h4-7H,8-11H2,1-3H3,(H,19,21)(H,20,22). The van der Waals surface area contributed by atoms with Crippen molar-refractivity contribution in [2.45, 2.75) is 45.6 Å². The Kier molecular flexibility index (Phi) is 4.81. The highest BCUT2D eigenvalue weighted by atomic mass is 35.5. The Morgan fingerprint density at radius 2 is 1.73 bits per heavy atom. The summed E-state index contributed by atoms with van der Waals surface area (Å²) >= 11 is 5.84. The third kappa shape index (κ3) is 4.23. The van der Waals surface area contributed by atoms with E-state index in [2.05, 4.69) is 10.6 Å². The van der Waals surface area contributed by atoms with Crippen LogP contribution in [0.3, 0.4) is 0 Å². The fraction of sp³-hybridized carbons (Fsp3) is 0.529. The molecule has 0 bridgehead atoms. The van der Waals surface area contributed by atoms with Crippen LogP contribution in [0.1, 0.15) is 39.2 Å². The predicted molar refractivity (Wildman–Crippen MR) is 87.7 cm³/mol. The summed E-state index contributed by atoms with van der Waals surface area (Å²) in [7, 11) is 0. The fourth-order valence-electron chi connectivity index (χ4n) is 2.28. The van der Waals surface area contributed by atoms with Crippen molar-refractivity contribution in [2.24, 2.45) is 5.41 Å². The van der Waals surface area contributed by atoms with Crippen molar-refractivity contribution >= 4 is 23.4 Å². The van der Waals surface area contributed by atoms with Gasteiger partial charge < -0.3 is 10.6 Å². The van der Waals surface area contributed by atoms with Gasteiger partial charge in [0.05, 0.1) is 0 Å². The molecular weight excluding hydrogens is 300 g/mol. The molecule has 0 heterocycles. The first kappa shape index (κ1) is 16.8. The highest BCUT2D eigenvalue weighted by Crippen LogP contribution is 2.46. The number of amides is 2. The lowest BCUT2D eigenvalue weighted by Crippen LogP contribution is -2.49. The lowest BCUT2D eigenvalue weighted by Gasteiger charge is -2.24. The van der Waals surface area contributed by atoms with Crippen LogP contribution in [0.5, 0.6) is 0 Å². The fourth-order valence-corrected chi connectivity index (χ4v) is 2.41. The second kappa shape index (κ2) is 6.29. The maximum absolute atomic E-state index is 12.3. The van der Waals surface area contributed by atoms with Gasteiger partial charge in [0.25, 0.3) is 0 Å². The van der Waals surface area contributed by atoms with Crippen molar-refractivity contribution in [3.63, 3.8) is 0 Å². The van der Waals surface area contributed by atoms with Crippen LogP contribution in [-0.2, 0) is 16.0 Å². The van der Waals surface area contributed by atoms with E-state index in [-0.39, 0.29) is 17.4 Å². The summed E-state index contributed by atoms with van der Waals surface area (Å²) < 4.78 is 0. The van der Waals surface area contributed by atoms with Gasteiger partial charge in [-0.05, 0) is 57.7 Å². The highest BCUT2D eigenvalue weighted by molar-refractivity contribution is 6.30. The molecule has 2 N–H and O–H groups in total. The Morgan fingerprint density at radius 3 is 2.23 bits per heavy atom. The third-order valence-electron chi connectivity index (χ3n) is 3.72. The molecule has 1 saturated carbocycles. The number of nitrogens with one attached hydrogen (secondary N) is 2. The SMILES string of the molecule is CC(C)(C)NC(=O)C1(C(=O)NCCc2ccc(Cl)cc2)CC1. The van der Waals surface area contributed by atoms with Gasteiger partial charge in [-0.2, -0.15) is 0 Å². The minimum absolute atomic E-state index is 0.163. The summed E-state index contributed by atoms with van der Waals surface area (Å²) in [6.45, 7) is 6.27. The molecule has 22 heavy (non-hydrogen) atoms. The molecule has 1 aromatic rings. The van der Waals surface area contributed by atoms with Crippen molar-refractivity contribution in [3.8, 4) is 0 Å². The van der Waals surface area contributed by atoms with Crippen molar-refractivity contribution in [2.75, 3.05) is 6.54 Å². The van der Waals surface area contributed by atoms with Crippen LogP contribution >= 0.6 is 11.6 Å². The normalized spacial score (nSPS) is 16.0. The van der Waals surface area contributed by atoms with E-state index in [0.717, 1.165) is 12.0 Å². The van der Waals surface area contributed by atoms with E-state index in [1.807, 2.05) is 45.0 Å². The predicted octanol–water partition coefficient (Wildman–Crippen LogP) is 2.69. The Balaban J connectivity index is 1.84. The molecule has 1 aliphatic rings. The smallest absolute Gasteiger partial charge is 0.236 e. The Hall–Kier alpha value is -1.55. The molecule has 2 rings (SSSR count). The molecular formula is C17H23ClN2O2. The zero-order valence-electron chi connectivity index (χ0n) is 13.3. The molecule has 2 amide bonds. The van der Waals surface area contributed by atoms with Crippen LogP contribution in [0.25, 0.3) is 0 Å². The Labute approximate surface area is 136 Å². The van der Waals surface area contributed by atoms with Gasteiger partial charge in [0.2, 0.25) is 11.8 Å². The Morgan fingerprint density at radius 1 is 1.14 bits per heavy atom. The number of hydrogen-bond donors (Lipinski definition) is 2. The molecule has 0 spiro atoms. The summed E-state index contributed by atoms with van der Waals surface area (Å²) in [6, 6.07) is 7.54. The quantitative estimate of drug-likeness (QED) is 0.819. The molecule has 0 aromatic heterocycles. The van der Waals surface area contributed by atoms with Crippen molar-refractivity contribution in [1.82, 2.24) is 10.6 Å². The molecule has 0 radical (unpaired) electrons. The van der Waals surface area contributed by atoms with E-state index >= 15 is 0 Å². The van der Waals surface area contributed by atoms with E-state index in [1.54, 1.807) is 0 Å². The maximum atomic E-state index is 12.3. The first-order valence-electron chi connectivity index (χ1n) is 7.58. The van der Waals surface area contributed by atoms with Gasteiger partial charge in [-0.25, -0.2) is 0 Å². The summed E-state index contributed by atoms with van der Waals surface area (Å²) in [6.07, 6.45) is 1.98. The summed E-state index contributed by atoms with van der Waals surface area (Å²) in [5.41, 5.74) is -0.0718. The van der Waals surface area contributed by atoms with Gasteiger partial charge in [0.1, 0.15) is 5.41 Å². The van der Waals surface area contributed by atoms with Crippen molar-refractivity contribution in [1.29, 1.82) is 0 Å². The van der Waals surface area contributed by atoms with E-state index in [1.165, 1.54) is 0 Å². The first-order valence-corrected chi connectivity index (χ1v) is 7.96. The van der Waals surface area contributed by atoms with Gasteiger partial charge in [-0.1, -0.05) is 23.7 Å². The molecule has 5 heteroatoms. The molecule has 1 aromatic carbocycles. The molecule has 0 aliphatic heterocycles. The monoisotopic (exact) mass is 322 g/mol. The molecule has 1 aliphatic carbocycles. The lowest BCUT2D eigenvalue weighted by atomic mass is 10.0. The number of benzene rings is 1. The Bertz CT molecular complexity index is 557. The van der Waals surface area contributed by atoms with Gasteiger partial charge in [-0.3, -0.25) is 9.59 Å². The summed E-state index contributed by atoms with van der Waals surface area (Å²) in [5.74, 6) is -0.327. The maximum Gasteiger partial charge on any atom is 0.236 e. The van der Waals surface area contributed by atoms with Crippen molar-refractivity contribution in [3.05, 3.63) is 34.9 Å². The highest BCUT2D eigenvalue weighted by Gasteiger charge is 2.56. The average Bonchev–Trinajstić information content (AvgIpc) is 3.20. The van der Waals surface area contributed by atoms with E-state index in [0.29, 0.717) is 24.4 Å². The zero-order chi connectivity index (χ0) is 16.4. The molecule has 0 atom stereocenters. The first-order chi connectivity index (χ1) is 10.2. The van der Waals surface area contributed by atoms with E-state index in [9.17, 15) is 9.59 Å².